The summed E-state index contributed by atoms with van der Waals surface area (Å²) >= 11 is 0. The van der Waals surface area contributed by atoms with Crippen LogP contribution in [0.15, 0.2) is 54.7 Å². The monoisotopic (exact) mass is 391 g/mol. The molecule has 3 rings (SSSR count). The van der Waals surface area contributed by atoms with Crippen LogP contribution in [-0.4, -0.2) is 29.2 Å². The molecule has 1 heterocycles. The van der Waals surface area contributed by atoms with Crippen LogP contribution >= 0.6 is 0 Å². The zero-order chi connectivity index (χ0) is 20.6. The Hall–Kier alpha value is -2.92. The first-order chi connectivity index (χ1) is 14.2. The van der Waals surface area contributed by atoms with Gasteiger partial charge in [0, 0.05) is 25.6 Å². The second kappa shape index (κ2) is 10.0. The molecule has 0 atom stereocenters. The maximum absolute atomic E-state index is 12.1. The first-order valence-electron chi connectivity index (χ1n) is 10.2. The normalized spacial score (nSPS) is 10.9. The van der Waals surface area contributed by atoms with E-state index in [1.165, 1.54) is 12.7 Å². The van der Waals surface area contributed by atoms with E-state index in [1.54, 1.807) is 6.07 Å². The van der Waals surface area contributed by atoms with E-state index < -0.39 is 0 Å². The van der Waals surface area contributed by atoms with Gasteiger partial charge in [0.2, 0.25) is 0 Å². The van der Waals surface area contributed by atoms with Crippen molar-refractivity contribution in [2.75, 3.05) is 13.7 Å². The molecule has 0 spiro atoms. The topological polar surface area (TPSA) is 70.1 Å². The van der Waals surface area contributed by atoms with Crippen LogP contribution in [0.1, 0.15) is 47.2 Å². The Bertz CT molecular complexity index is 945. The Morgan fingerprint density at radius 3 is 2.55 bits per heavy atom. The van der Waals surface area contributed by atoms with Crippen molar-refractivity contribution < 1.29 is 9.53 Å². The molecule has 0 bridgehead atoms. The van der Waals surface area contributed by atoms with Crippen LogP contribution in [0.2, 0.25) is 0 Å². The number of benzene rings is 2. The molecule has 0 saturated carbocycles. The highest BCUT2D eigenvalue weighted by atomic mass is 16.5. The lowest BCUT2D eigenvalue weighted by atomic mass is 9.98. The Morgan fingerprint density at radius 2 is 1.86 bits per heavy atom. The van der Waals surface area contributed by atoms with Crippen LogP contribution in [-0.2, 0) is 24.1 Å². The van der Waals surface area contributed by atoms with Crippen molar-refractivity contribution in [1.29, 1.82) is 0 Å². The van der Waals surface area contributed by atoms with E-state index in [9.17, 15) is 4.79 Å². The van der Waals surface area contributed by atoms with Crippen molar-refractivity contribution in [3.05, 3.63) is 77.4 Å². The van der Waals surface area contributed by atoms with Crippen LogP contribution < -0.4 is 5.73 Å². The third-order valence-corrected chi connectivity index (χ3v) is 5.01. The van der Waals surface area contributed by atoms with Gasteiger partial charge in [-0.15, -0.1) is 0 Å². The SMILES string of the molecule is CCCCc1nc(CCN)cn1Cc1ccc(-c2ccccc2C(=O)OC)cc1. The molecular formula is C24H29N3O2. The van der Waals surface area contributed by atoms with E-state index in [2.05, 4.69) is 42.0 Å². The van der Waals surface area contributed by atoms with E-state index in [0.29, 0.717) is 12.1 Å². The first-order valence-corrected chi connectivity index (χ1v) is 10.2. The summed E-state index contributed by atoms with van der Waals surface area (Å²) in [4.78, 5) is 16.8. The highest BCUT2D eigenvalue weighted by Gasteiger charge is 2.13. The summed E-state index contributed by atoms with van der Waals surface area (Å²) in [6.07, 6.45) is 6.18. The van der Waals surface area contributed by atoms with Crippen molar-refractivity contribution >= 4 is 5.97 Å². The number of aromatic nitrogens is 2. The smallest absolute Gasteiger partial charge is 0.338 e. The average Bonchev–Trinajstić information content (AvgIpc) is 3.13. The lowest BCUT2D eigenvalue weighted by molar-refractivity contribution is 0.0601. The molecule has 0 aliphatic heterocycles. The van der Waals surface area contributed by atoms with Crippen LogP contribution in [0.4, 0.5) is 0 Å². The number of imidazole rings is 1. The van der Waals surface area contributed by atoms with Gasteiger partial charge in [0.1, 0.15) is 5.82 Å². The molecule has 5 heteroatoms. The summed E-state index contributed by atoms with van der Waals surface area (Å²) in [6.45, 7) is 3.58. The number of carbonyl (C=O) groups is 1. The van der Waals surface area contributed by atoms with Gasteiger partial charge in [0.25, 0.3) is 0 Å². The molecule has 0 amide bonds. The largest absolute Gasteiger partial charge is 0.465 e. The summed E-state index contributed by atoms with van der Waals surface area (Å²) in [5.74, 6) is 0.798. The number of rotatable bonds is 9. The van der Waals surface area contributed by atoms with Crippen molar-refractivity contribution in [2.45, 2.75) is 39.2 Å². The molecular weight excluding hydrogens is 362 g/mol. The summed E-state index contributed by atoms with van der Waals surface area (Å²) in [6, 6.07) is 15.8. The van der Waals surface area contributed by atoms with E-state index in [4.69, 9.17) is 15.5 Å². The Kier molecular flexibility index (Phi) is 7.19. The van der Waals surface area contributed by atoms with Gasteiger partial charge in [-0.1, -0.05) is 55.8 Å². The minimum Gasteiger partial charge on any atom is -0.465 e. The fourth-order valence-electron chi connectivity index (χ4n) is 3.46. The van der Waals surface area contributed by atoms with Crippen LogP contribution in [0.3, 0.4) is 0 Å². The van der Waals surface area contributed by atoms with E-state index >= 15 is 0 Å². The molecule has 2 aromatic carbocycles. The van der Waals surface area contributed by atoms with E-state index in [0.717, 1.165) is 54.9 Å². The lowest BCUT2D eigenvalue weighted by Crippen LogP contribution is -2.05. The molecule has 0 aliphatic carbocycles. The van der Waals surface area contributed by atoms with E-state index in [1.807, 2.05) is 18.2 Å². The number of ether oxygens (including phenoxy) is 1. The van der Waals surface area contributed by atoms with Crippen molar-refractivity contribution in [1.82, 2.24) is 9.55 Å². The molecule has 0 radical (unpaired) electrons. The fourth-order valence-corrected chi connectivity index (χ4v) is 3.46. The molecule has 0 saturated heterocycles. The number of carbonyl (C=O) groups excluding carboxylic acids is 1. The number of aryl methyl sites for hydroxylation is 1. The molecule has 152 valence electrons. The maximum atomic E-state index is 12.1. The summed E-state index contributed by atoms with van der Waals surface area (Å²) in [5, 5.41) is 0. The zero-order valence-electron chi connectivity index (χ0n) is 17.2. The maximum Gasteiger partial charge on any atom is 0.338 e. The molecule has 0 unspecified atom stereocenters. The van der Waals surface area contributed by atoms with E-state index in [-0.39, 0.29) is 5.97 Å². The number of nitrogens with two attached hydrogens (primary N) is 1. The Morgan fingerprint density at radius 1 is 1.10 bits per heavy atom. The van der Waals surface area contributed by atoms with Gasteiger partial charge in [0.05, 0.1) is 18.4 Å². The van der Waals surface area contributed by atoms with Crippen LogP contribution in [0.25, 0.3) is 11.1 Å². The van der Waals surface area contributed by atoms with Gasteiger partial charge in [-0.3, -0.25) is 0 Å². The molecule has 29 heavy (non-hydrogen) atoms. The van der Waals surface area contributed by atoms with Gasteiger partial charge in [0.15, 0.2) is 0 Å². The second-order valence-electron chi connectivity index (χ2n) is 7.15. The van der Waals surface area contributed by atoms with Gasteiger partial charge < -0.3 is 15.0 Å². The Labute approximate surface area is 172 Å². The van der Waals surface area contributed by atoms with Crippen LogP contribution in [0, 0.1) is 0 Å². The van der Waals surface area contributed by atoms with Gasteiger partial charge in [-0.05, 0) is 35.7 Å². The van der Waals surface area contributed by atoms with Gasteiger partial charge >= 0.3 is 5.97 Å². The highest BCUT2D eigenvalue weighted by Crippen LogP contribution is 2.25. The standard InChI is InChI=1S/C24H29N3O2/c1-3-4-9-23-26-20(14-15-25)17-27(23)16-18-10-12-19(13-11-18)21-7-5-6-8-22(21)24(28)29-2/h5-8,10-13,17H,3-4,9,14-16,25H2,1-2H3. The molecule has 3 aromatic rings. The zero-order valence-corrected chi connectivity index (χ0v) is 17.2. The number of nitrogens with zero attached hydrogens (tertiary/aromatic N) is 2. The van der Waals surface area contributed by atoms with Gasteiger partial charge in [-0.2, -0.15) is 0 Å². The number of hydrogen-bond acceptors (Lipinski definition) is 4. The summed E-state index contributed by atoms with van der Waals surface area (Å²) < 4.78 is 7.14. The third kappa shape index (κ3) is 5.12. The highest BCUT2D eigenvalue weighted by molar-refractivity contribution is 5.97. The van der Waals surface area contributed by atoms with Crippen molar-refractivity contribution in [3.8, 4) is 11.1 Å². The summed E-state index contributed by atoms with van der Waals surface area (Å²) in [7, 11) is 1.41. The van der Waals surface area contributed by atoms with Crippen molar-refractivity contribution in [2.24, 2.45) is 5.73 Å². The Balaban J connectivity index is 1.82. The third-order valence-electron chi connectivity index (χ3n) is 5.01. The van der Waals surface area contributed by atoms with Gasteiger partial charge in [-0.25, -0.2) is 9.78 Å². The molecule has 2 N–H and O–H groups in total. The number of unbranched alkanes of at least 4 members (excludes halogenated alkanes) is 1. The molecule has 0 aliphatic rings. The number of hydrogen-bond donors (Lipinski definition) is 1. The minimum absolute atomic E-state index is 0.323. The summed E-state index contributed by atoms with van der Waals surface area (Å²) in [5.41, 5.74) is 10.4. The first kappa shape index (κ1) is 20.8. The number of methoxy groups -OCH3 is 1. The molecule has 1 aromatic heterocycles. The predicted octanol–water partition coefficient (Wildman–Crippen LogP) is 4.23. The second-order valence-corrected chi connectivity index (χ2v) is 7.15. The quantitative estimate of drug-likeness (QED) is 0.554. The lowest BCUT2D eigenvalue weighted by Gasteiger charge is -2.10. The average molecular weight is 392 g/mol. The minimum atomic E-state index is -0.323. The molecule has 0 fully saturated rings. The molecule has 5 nitrogen and oxygen atoms in total. The fraction of sp³-hybridized carbons (Fsp3) is 0.333. The predicted molar refractivity (Wildman–Crippen MR) is 116 cm³/mol. The van der Waals surface area contributed by atoms with Crippen LogP contribution in [0.5, 0.6) is 0 Å². The van der Waals surface area contributed by atoms with Crippen molar-refractivity contribution in [3.63, 3.8) is 0 Å². The number of esters is 1.